The van der Waals surface area contributed by atoms with Gasteiger partial charge in [-0.25, -0.2) is 0 Å². The highest BCUT2D eigenvalue weighted by molar-refractivity contribution is 9.10. The van der Waals surface area contributed by atoms with Crippen molar-refractivity contribution in [2.24, 2.45) is 0 Å². The molecule has 1 amide bonds. The summed E-state index contributed by atoms with van der Waals surface area (Å²) in [6.45, 7) is 2.99. The van der Waals surface area contributed by atoms with Crippen LogP contribution in [0.3, 0.4) is 0 Å². The van der Waals surface area contributed by atoms with E-state index in [2.05, 4.69) is 26.3 Å². The molecule has 0 radical (unpaired) electrons. The van der Waals surface area contributed by atoms with Crippen molar-refractivity contribution >= 4 is 39.0 Å². The number of hydrogen-bond donors (Lipinski definition) is 1. The number of aryl methyl sites for hydroxylation is 1. The molecule has 0 aliphatic carbocycles. The largest absolute Gasteiger partial charge is 0.404 e. The van der Waals surface area contributed by atoms with Crippen molar-refractivity contribution in [2.75, 3.05) is 5.32 Å². The topological polar surface area (TPSA) is 133 Å². The van der Waals surface area contributed by atoms with Gasteiger partial charge < -0.3 is 15.4 Å². The van der Waals surface area contributed by atoms with Crippen LogP contribution in [0.15, 0.2) is 22.7 Å². The van der Waals surface area contributed by atoms with Crippen molar-refractivity contribution in [3.05, 3.63) is 54.2 Å². The minimum absolute atomic E-state index is 0.0759. The molecule has 1 aromatic carbocycles. The number of carbonyl (C=O) groups is 1. The standard InChI is InChI=1S/C13H12BrN5O5/c1-7-5-9(18(21)22)3-4-10(7)15-11(20)6-17-8(2)12(14)13(16-17)19(23)24/h3-5H,6H2,1-2H3,(H,15,20). The molecule has 11 heteroatoms. The van der Waals surface area contributed by atoms with Crippen LogP contribution >= 0.6 is 15.9 Å². The fourth-order valence-electron chi connectivity index (χ4n) is 2.01. The number of rotatable bonds is 5. The van der Waals surface area contributed by atoms with Gasteiger partial charge >= 0.3 is 5.82 Å². The van der Waals surface area contributed by atoms with Crippen LogP contribution in [0.1, 0.15) is 11.3 Å². The van der Waals surface area contributed by atoms with Gasteiger partial charge in [0.25, 0.3) is 5.69 Å². The van der Waals surface area contributed by atoms with Crippen molar-refractivity contribution in [2.45, 2.75) is 20.4 Å². The summed E-state index contributed by atoms with van der Waals surface area (Å²) in [4.78, 5) is 32.5. The van der Waals surface area contributed by atoms with Crippen molar-refractivity contribution in [3.63, 3.8) is 0 Å². The van der Waals surface area contributed by atoms with Crippen molar-refractivity contribution in [1.29, 1.82) is 0 Å². The van der Waals surface area contributed by atoms with E-state index >= 15 is 0 Å². The number of carbonyl (C=O) groups excluding carboxylic acids is 1. The number of anilines is 1. The molecular weight excluding hydrogens is 386 g/mol. The van der Waals surface area contributed by atoms with Gasteiger partial charge in [-0.2, -0.15) is 4.68 Å². The SMILES string of the molecule is Cc1cc([N+](=O)[O-])ccc1NC(=O)Cn1nc([N+](=O)[O-])c(Br)c1C. The van der Waals surface area contributed by atoms with Crippen LogP contribution in [-0.4, -0.2) is 25.5 Å². The maximum atomic E-state index is 12.1. The summed E-state index contributed by atoms with van der Waals surface area (Å²) in [5.41, 5.74) is 1.32. The number of nitro benzene ring substituents is 1. The molecule has 0 saturated heterocycles. The molecule has 2 aromatic rings. The first kappa shape index (κ1) is 17.5. The van der Waals surface area contributed by atoms with Crippen LogP contribution in [0.5, 0.6) is 0 Å². The van der Waals surface area contributed by atoms with Gasteiger partial charge in [-0.1, -0.05) is 0 Å². The van der Waals surface area contributed by atoms with Crippen LogP contribution in [0.4, 0.5) is 17.2 Å². The van der Waals surface area contributed by atoms with Crippen LogP contribution in [0.2, 0.25) is 0 Å². The van der Waals surface area contributed by atoms with Crippen LogP contribution in [-0.2, 0) is 11.3 Å². The van der Waals surface area contributed by atoms with Gasteiger partial charge in [0.05, 0.1) is 15.7 Å². The van der Waals surface area contributed by atoms with E-state index in [0.29, 0.717) is 16.9 Å². The lowest BCUT2D eigenvalue weighted by atomic mass is 10.2. The molecule has 0 spiro atoms. The molecule has 0 saturated carbocycles. The summed E-state index contributed by atoms with van der Waals surface area (Å²) in [7, 11) is 0. The Hall–Kier alpha value is -2.82. The second-order valence-corrected chi connectivity index (χ2v) is 5.74. The van der Waals surface area contributed by atoms with Gasteiger partial charge in [-0.3, -0.25) is 14.9 Å². The zero-order valence-electron chi connectivity index (χ0n) is 12.6. The van der Waals surface area contributed by atoms with Crippen molar-refractivity contribution in [3.8, 4) is 0 Å². The van der Waals surface area contributed by atoms with Crippen LogP contribution in [0.25, 0.3) is 0 Å². The molecule has 0 aliphatic rings. The Morgan fingerprint density at radius 1 is 1.29 bits per heavy atom. The average molecular weight is 398 g/mol. The molecule has 0 aliphatic heterocycles. The number of nitrogens with zero attached hydrogens (tertiary/aromatic N) is 4. The molecule has 0 bridgehead atoms. The quantitative estimate of drug-likeness (QED) is 0.608. The molecule has 1 N–H and O–H groups in total. The second-order valence-electron chi connectivity index (χ2n) is 4.94. The Morgan fingerprint density at radius 2 is 1.96 bits per heavy atom. The lowest BCUT2D eigenvalue weighted by Crippen LogP contribution is -2.20. The smallest absolute Gasteiger partial charge is 0.358 e. The first-order valence-electron chi connectivity index (χ1n) is 6.63. The first-order chi connectivity index (χ1) is 11.2. The number of nitro groups is 2. The lowest BCUT2D eigenvalue weighted by Gasteiger charge is -2.07. The number of benzene rings is 1. The highest BCUT2D eigenvalue weighted by Gasteiger charge is 2.24. The average Bonchev–Trinajstić information content (AvgIpc) is 2.77. The van der Waals surface area contributed by atoms with E-state index in [4.69, 9.17) is 0 Å². The fraction of sp³-hybridized carbons (Fsp3) is 0.231. The number of amides is 1. The minimum Gasteiger partial charge on any atom is -0.358 e. The molecule has 0 unspecified atom stereocenters. The molecule has 126 valence electrons. The molecule has 1 aromatic heterocycles. The summed E-state index contributed by atoms with van der Waals surface area (Å²) >= 11 is 3.07. The van der Waals surface area contributed by atoms with Crippen molar-refractivity contribution in [1.82, 2.24) is 9.78 Å². The number of hydrogen-bond acceptors (Lipinski definition) is 6. The normalized spacial score (nSPS) is 10.5. The van der Waals surface area contributed by atoms with Crippen molar-refractivity contribution < 1.29 is 14.6 Å². The third kappa shape index (κ3) is 3.56. The maximum Gasteiger partial charge on any atom is 0.404 e. The lowest BCUT2D eigenvalue weighted by molar-refractivity contribution is -0.390. The second kappa shape index (κ2) is 6.74. The van der Waals surface area contributed by atoms with Gasteiger partial charge in [0.1, 0.15) is 11.0 Å². The van der Waals surface area contributed by atoms with E-state index in [0.717, 1.165) is 0 Å². The minimum atomic E-state index is -0.647. The Balaban J connectivity index is 2.16. The van der Waals surface area contributed by atoms with E-state index in [1.807, 2.05) is 0 Å². The molecule has 0 fully saturated rings. The fourth-order valence-corrected chi connectivity index (χ4v) is 2.44. The molecule has 2 rings (SSSR count). The third-order valence-electron chi connectivity index (χ3n) is 3.28. The predicted octanol–water partition coefficient (Wildman–Crippen LogP) is 2.72. The van der Waals surface area contributed by atoms with Gasteiger partial charge in [0.2, 0.25) is 5.91 Å². The van der Waals surface area contributed by atoms with Gasteiger partial charge in [0.15, 0.2) is 0 Å². The van der Waals surface area contributed by atoms with E-state index in [1.54, 1.807) is 13.8 Å². The van der Waals surface area contributed by atoms with Crippen LogP contribution in [0, 0.1) is 34.1 Å². The van der Waals surface area contributed by atoms with E-state index < -0.39 is 15.8 Å². The Labute approximate surface area is 143 Å². The Morgan fingerprint density at radius 3 is 2.46 bits per heavy atom. The summed E-state index contributed by atoms with van der Waals surface area (Å²) in [5.74, 6) is -0.827. The molecule has 0 atom stereocenters. The Bertz CT molecular complexity index is 848. The van der Waals surface area contributed by atoms with Gasteiger partial charge in [0, 0.05) is 17.8 Å². The Kier molecular flexibility index (Phi) is 4.93. The number of aromatic nitrogens is 2. The summed E-state index contributed by atoms with van der Waals surface area (Å²) in [6.07, 6.45) is 0. The van der Waals surface area contributed by atoms with E-state index in [-0.39, 0.29) is 22.5 Å². The van der Waals surface area contributed by atoms with Gasteiger partial charge in [-0.05, 0) is 46.3 Å². The first-order valence-corrected chi connectivity index (χ1v) is 7.42. The highest BCUT2D eigenvalue weighted by Crippen LogP contribution is 2.27. The predicted molar refractivity (Wildman–Crippen MR) is 87.8 cm³/mol. The number of halogens is 1. The molecular formula is C13H12BrN5O5. The summed E-state index contributed by atoms with van der Waals surface area (Å²) in [6, 6.07) is 4.05. The van der Waals surface area contributed by atoms with E-state index in [9.17, 15) is 25.0 Å². The monoisotopic (exact) mass is 397 g/mol. The maximum absolute atomic E-state index is 12.1. The number of non-ortho nitro benzene ring substituents is 1. The van der Waals surface area contributed by atoms with E-state index in [1.165, 1.54) is 22.9 Å². The third-order valence-corrected chi connectivity index (χ3v) is 4.21. The zero-order valence-corrected chi connectivity index (χ0v) is 14.2. The molecule has 1 heterocycles. The molecule has 10 nitrogen and oxygen atoms in total. The summed E-state index contributed by atoms with van der Waals surface area (Å²) in [5, 5.41) is 27.9. The summed E-state index contributed by atoms with van der Waals surface area (Å²) < 4.78 is 1.42. The molecule has 24 heavy (non-hydrogen) atoms. The van der Waals surface area contributed by atoms with Crippen LogP contribution < -0.4 is 5.32 Å². The zero-order chi connectivity index (χ0) is 18.0. The number of nitrogens with one attached hydrogen (secondary N) is 1. The highest BCUT2D eigenvalue weighted by atomic mass is 79.9. The van der Waals surface area contributed by atoms with Gasteiger partial charge in [-0.15, -0.1) is 0 Å².